The molecule has 0 radical (unpaired) electrons. The van der Waals surface area contributed by atoms with Crippen LogP contribution in [0.5, 0.6) is 0 Å². The van der Waals surface area contributed by atoms with Crippen LogP contribution in [0.2, 0.25) is 0 Å². The fourth-order valence-electron chi connectivity index (χ4n) is 2.22. The maximum Gasteiger partial charge on any atom is 0.261 e. The number of hydrogen-bond donors (Lipinski definition) is 1. The highest BCUT2D eigenvalue weighted by Crippen LogP contribution is 2.24. The number of nitrogens with zero attached hydrogens (tertiary/aromatic N) is 1. The largest absolute Gasteiger partial charge is 0.340 e. The van der Waals surface area contributed by atoms with E-state index in [0.717, 1.165) is 25.9 Å². The molecule has 1 unspecified atom stereocenters. The molecule has 3 nitrogen and oxygen atoms in total. The lowest BCUT2D eigenvalue weighted by Crippen LogP contribution is -2.49. The standard InChI is InChI=1S/C10H17FN2O/c11-10(4-5-12-8-10)9(14)13-6-2-1-3-7-13/h12H,1-8H2. The van der Waals surface area contributed by atoms with Crippen molar-refractivity contribution in [1.29, 1.82) is 0 Å². The van der Waals surface area contributed by atoms with Crippen molar-refractivity contribution in [2.45, 2.75) is 31.4 Å². The van der Waals surface area contributed by atoms with Crippen molar-refractivity contribution >= 4 is 5.91 Å². The molecule has 2 rings (SSSR count). The Bertz CT molecular complexity index is 220. The maximum absolute atomic E-state index is 14.0. The minimum atomic E-state index is -1.61. The lowest BCUT2D eigenvalue weighted by atomic mass is 10.0. The van der Waals surface area contributed by atoms with Crippen LogP contribution in [0.3, 0.4) is 0 Å². The lowest BCUT2D eigenvalue weighted by molar-refractivity contribution is -0.143. The van der Waals surface area contributed by atoms with Crippen molar-refractivity contribution in [1.82, 2.24) is 10.2 Å². The van der Waals surface area contributed by atoms with Crippen molar-refractivity contribution in [3.63, 3.8) is 0 Å². The monoisotopic (exact) mass is 200 g/mol. The molecule has 2 fully saturated rings. The molecular weight excluding hydrogens is 183 g/mol. The molecule has 2 aliphatic rings. The summed E-state index contributed by atoms with van der Waals surface area (Å²) in [5.41, 5.74) is -1.61. The number of hydrogen-bond acceptors (Lipinski definition) is 2. The molecule has 80 valence electrons. The summed E-state index contributed by atoms with van der Waals surface area (Å²) in [4.78, 5) is 13.5. The Kier molecular flexibility index (Phi) is 2.72. The van der Waals surface area contributed by atoms with E-state index in [1.165, 1.54) is 6.42 Å². The maximum atomic E-state index is 14.0. The predicted molar refractivity (Wildman–Crippen MR) is 51.8 cm³/mol. The van der Waals surface area contributed by atoms with E-state index in [-0.39, 0.29) is 12.5 Å². The second-order valence-corrected chi connectivity index (χ2v) is 4.24. The second kappa shape index (κ2) is 3.85. The summed E-state index contributed by atoms with van der Waals surface area (Å²) in [5.74, 6) is -0.290. The first kappa shape index (κ1) is 9.90. The van der Waals surface area contributed by atoms with Crippen LogP contribution in [0.4, 0.5) is 4.39 Å². The third-order valence-electron chi connectivity index (χ3n) is 3.13. The Morgan fingerprint density at radius 3 is 2.57 bits per heavy atom. The van der Waals surface area contributed by atoms with Gasteiger partial charge in [-0.2, -0.15) is 0 Å². The lowest BCUT2D eigenvalue weighted by Gasteiger charge is -2.31. The molecule has 14 heavy (non-hydrogen) atoms. The van der Waals surface area contributed by atoms with Gasteiger partial charge in [-0.05, 0) is 25.8 Å². The molecule has 1 N–H and O–H groups in total. The van der Waals surface area contributed by atoms with Crippen LogP contribution >= 0.6 is 0 Å². The first-order valence-corrected chi connectivity index (χ1v) is 5.41. The van der Waals surface area contributed by atoms with E-state index in [0.29, 0.717) is 13.0 Å². The van der Waals surface area contributed by atoms with Crippen molar-refractivity contribution in [2.24, 2.45) is 0 Å². The van der Waals surface area contributed by atoms with Gasteiger partial charge >= 0.3 is 0 Å². The number of alkyl halides is 1. The van der Waals surface area contributed by atoms with E-state index < -0.39 is 5.67 Å². The molecule has 1 amide bonds. The minimum absolute atomic E-state index is 0.197. The van der Waals surface area contributed by atoms with E-state index in [1.807, 2.05) is 0 Å². The zero-order valence-electron chi connectivity index (χ0n) is 8.39. The molecule has 1 atom stereocenters. The summed E-state index contributed by atoms with van der Waals surface area (Å²) in [6, 6.07) is 0. The Balaban J connectivity index is 1.98. The number of likely N-dealkylation sites (tertiary alicyclic amines) is 1. The van der Waals surface area contributed by atoms with Gasteiger partial charge in [0, 0.05) is 26.1 Å². The topological polar surface area (TPSA) is 32.3 Å². The highest BCUT2D eigenvalue weighted by molar-refractivity contribution is 5.86. The summed E-state index contributed by atoms with van der Waals surface area (Å²) >= 11 is 0. The summed E-state index contributed by atoms with van der Waals surface area (Å²) < 4.78 is 14.0. The quantitative estimate of drug-likeness (QED) is 0.675. The van der Waals surface area contributed by atoms with Gasteiger partial charge in [-0.1, -0.05) is 0 Å². The van der Waals surface area contributed by atoms with Crippen molar-refractivity contribution in [3.05, 3.63) is 0 Å². The van der Waals surface area contributed by atoms with Crippen molar-refractivity contribution in [3.8, 4) is 0 Å². The van der Waals surface area contributed by atoms with E-state index in [4.69, 9.17) is 0 Å². The van der Waals surface area contributed by atoms with Crippen molar-refractivity contribution in [2.75, 3.05) is 26.2 Å². The third kappa shape index (κ3) is 1.75. The summed E-state index contributed by atoms with van der Waals surface area (Å²) in [7, 11) is 0. The van der Waals surface area contributed by atoms with Crippen LogP contribution in [0.25, 0.3) is 0 Å². The third-order valence-corrected chi connectivity index (χ3v) is 3.13. The smallest absolute Gasteiger partial charge is 0.261 e. The molecule has 4 heteroatoms. The second-order valence-electron chi connectivity index (χ2n) is 4.24. The van der Waals surface area contributed by atoms with Crippen LogP contribution in [0.15, 0.2) is 0 Å². The van der Waals surface area contributed by atoms with Gasteiger partial charge in [-0.3, -0.25) is 4.79 Å². The average Bonchev–Trinajstić information content (AvgIpc) is 2.67. The molecule has 0 bridgehead atoms. The zero-order valence-corrected chi connectivity index (χ0v) is 8.39. The van der Waals surface area contributed by atoms with Gasteiger partial charge < -0.3 is 10.2 Å². The molecule has 0 spiro atoms. The summed E-state index contributed by atoms with van der Waals surface area (Å²) in [6.07, 6.45) is 3.55. The van der Waals surface area contributed by atoms with Crippen LogP contribution in [0, 0.1) is 0 Å². The van der Waals surface area contributed by atoms with Gasteiger partial charge in [-0.15, -0.1) is 0 Å². The van der Waals surface area contributed by atoms with E-state index >= 15 is 0 Å². The molecule has 0 saturated carbocycles. The summed E-state index contributed by atoms with van der Waals surface area (Å²) in [6.45, 7) is 2.30. The molecular formula is C10H17FN2O. The number of carbonyl (C=O) groups is 1. The molecule has 0 aromatic carbocycles. The first-order valence-electron chi connectivity index (χ1n) is 5.41. The van der Waals surface area contributed by atoms with Gasteiger partial charge in [0.05, 0.1) is 0 Å². The van der Waals surface area contributed by atoms with Gasteiger partial charge in [-0.25, -0.2) is 4.39 Å². The first-order chi connectivity index (χ1) is 6.72. The molecule has 0 aromatic rings. The van der Waals surface area contributed by atoms with Gasteiger partial charge in [0.1, 0.15) is 0 Å². The Hall–Kier alpha value is -0.640. The fourth-order valence-corrected chi connectivity index (χ4v) is 2.22. The molecule has 2 saturated heterocycles. The minimum Gasteiger partial charge on any atom is -0.340 e. The molecule has 2 aliphatic heterocycles. The van der Waals surface area contributed by atoms with Crippen LogP contribution in [-0.4, -0.2) is 42.7 Å². The molecule has 0 aromatic heterocycles. The molecule has 2 heterocycles. The van der Waals surface area contributed by atoms with E-state index in [1.54, 1.807) is 4.90 Å². The number of piperidine rings is 1. The predicted octanol–water partition coefficient (Wildman–Crippen LogP) is 0.700. The Morgan fingerprint density at radius 1 is 1.29 bits per heavy atom. The normalized spacial score (nSPS) is 33.4. The number of halogens is 1. The van der Waals surface area contributed by atoms with E-state index in [9.17, 15) is 9.18 Å². The van der Waals surface area contributed by atoms with Crippen LogP contribution in [-0.2, 0) is 4.79 Å². The number of nitrogens with one attached hydrogen (secondary N) is 1. The van der Waals surface area contributed by atoms with Crippen LogP contribution < -0.4 is 5.32 Å². The molecule has 0 aliphatic carbocycles. The zero-order chi connectivity index (χ0) is 10.0. The van der Waals surface area contributed by atoms with Gasteiger partial charge in [0.25, 0.3) is 5.91 Å². The average molecular weight is 200 g/mol. The van der Waals surface area contributed by atoms with Crippen LogP contribution in [0.1, 0.15) is 25.7 Å². The Morgan fingerprint density at radius 2 is 2.00 bits per heavy atom. The number of carbonyl (C=O) groups excluding carboxylic acids is 1. The summed E-state index contributed by atoms with van der Waals surface area (Å²) in [5, 5.41) is 2.91. The van der Waals surface area contributed by atoms with E-state index in [2.05, 4.69) is 5.32 Å². The fraction of sp³-hybridized carbons (Fsp3) is 0.900. The highest BCUT2D eigenvalue weighted by Gasteiger charge is 2.44. The van der Waals surface area contributed by atoms with Gasteiger partial charge in [0.2, 0.25) is 5.67 Å². The SMILES string of the molecule is O=C(N1CCCCC1)C1(F)CCNC1. The number of amides is 1. The highest BCUT2D eigenvalue weighted by atomic mass is 19.1. The van der Waals surface area contributed by atoms with Crippen molar-refractivity contribution < 1.29 is 9.18 Å². The Labute approximate surface area is 83.6 Å². The van der Waals surface area contributed by atoms with Gasteiger partial charge in [0.15, 0.2) is 0 Å². The number of rotatable bonds is 1.